The van der Waals surface area contributed by atoms with Gasteiger partial charge in [-0.3, -0.25) is 4.79 Å². The van der Waals surface area contributed by atoms with Crippen LogP contribution in [0, 0.1) is 6.92 Å². The number of aromatic nitrogens is 2. The van der Waals surface area contributed by atoms with Gasteiger partial charge in [-0.1, -0.05) is 0 Å². The molecule has 2 N–H and O–H groups in total. The minimum Gasteiger partial charge on any atom is -0.342 e. The van der Waals surface area contributed by atoms with Crippen LogP contribution in [-0.4, -0.2) is 27.9 Å². The zero-order valence-corrected chi connectivity index (χ0v) is 10.0. The molecule has 5 heteroatoms. The number of hydrogen-bond acceptors (Lipinski definition) is 3. The normalized spacial score (nSPS) is 10.6. The highest BCUT2D eigenvalue weighted by atomic mass is 32.2. The fraction of sp³-hybridized carbons (Fsp3) is 0.273. The smallest absolute Gasteiger partial charge is 0.234 e. The van der Waals surface area contributed by atoms with Crippen LogP contribution in [0.4, 0.5) is 5.69 Å². The van der Waals surface area contributed by atoms with Gasteiger partial charge in [-0.25, -0.2) is 4.98 Å². The van der Waals surface area contributed by atoms with Crippen LogP contribution in [0.2, 0.25) is 0 Å². The molecule has 0 unspecified atom stereocenters. The van der Waals surface area contributed by atoms with Crippen molar-refractivity contribution >= 4 is 34.4 Å². The fourth-order valence-corrected chi connectivity index (χ4v) is 1.88. The van der Waals surface area contributed by atoms with E-state index in [0.29, 0.717) is 5.75 Å². The molecule has 1 aromatic heterocycles. The Kier molecular flexibility index (Phi) is 3.14. The van der Waals surface area contributed by atoms with Crippen LogP contribution in [-0.2, 0) is 4.79 Å². The third kappa shape index (κ3) is 2.36. The zero-order chi connectivity index (χ0) is 11.5. The first-order chi connectivity index (χ1) is 7.69. The van der Waals surface area contributed by atoms with Gasteiger partial charge in [-0.05, 0) is 31.4 Å². The topological polar surface area (TPSA) is 57.8 Å². The minimum atomic E-state index is 0.0167. The Bertz CT molecular complexity index is 521. The van der Waals surface area contributed by atoms with Gasteiger partial charge in [0, 0.05) is 5.69 Å². The van der Waals surface area contributed by atoms with Crippen molar-refractivity contribution < 1.29 is 4.79 Å². The van der Waals surface area contributed by atoms with Crippen molar-refractivity contribution in [3.63, 3.8) is 0 Å². The van der Waals surface area contributed by atoms with Gasteiger partial charge in [0.15, 0.2) is 0 Å². The van der Waals surface area contributed by atoms with E-state index in [2.05, 4.69) is 15.3 Å². The Morgan fingerprint density at radius 1 is 1.56 bits per heavy atom. The van der Waals surface area contributed by atoms with Gasteiger partial charge < -0.3 is 10.3 Å². The summed E-state index contributed by atoms with van der Waals surface area (Å²) in [6.07, 6.45) is 1.90. The second kappa shape index (κ2) is 4.57. The lowest BCUT2D eigenvalue weighted by Gasteiger charge is -2.03. The lowest BCUT2D eigenvalue weighted by atomic mass is 10.3. The molecule has 0 saturated heterocycles. The van der Waals surface area contributed by atoms with Crippen molar-refractivity contribution in [1.82, 2.24) is 9.97 Å². The average Bonchev–Trinajstić information content (AvgIpc) is 2.57. The van der Waals surface area contributed by atoms with Gasteiger partial charge in [0.05, 0.1) is 16.8 Å². The number of aromatic amines is 1. The first-order valence-electron chi connectivity index (χ1n) is 4.94. The molecule has 1 amide bonds. The Hall–Kier alpha value is -1.49. The van der Waals surface area contributed by atoms with Crippen LogP contribution in [0.5, 0.6) is 0 Å². The van der Waals surface area contributed by atoms with Crippen LogP contribution in [0.3, 0.4) is 0 Å². The number of aryl methyl sites for hydroxylation is 1. The summed E-state index contributed by atoms with van der Waals surface area (Å²) in [5.74, 6) is 1.37. The third-order valence-corrected chi connectivity index (χ3v) is 2.71. The fourth-order valence-electron chi connectivity index (χ4n) is 1.54. The van der Waals surface area contributed by atoms with Crippen molar-refractivity contribution in [1.29, 1.82) is 0 Å². The number of nitrogens with zero attached hydrogens (tertiary/aromatic N) is 1. The molecule has 1 aromatic carbocycles. The SMILES string of the molecule is CSCC(=O)Nc1ccc2nc(C)[nH]c2c1. The van der Waals surface area contributed by atoms with E-state index in [0.717, 1.165) is 22.5 Å². The largest absolute Gasteiger partial charge is 0.342 e. The molecule has 2 aromatic rings. The van der Waals surface area contributed by atoms with Gasteiger partial charge in [0.1, 0.15) is 5.82 Å². The second-order valence-electron chi connectivity index (χ2n) is 3.54. The molecule has 0 aliphatic rings. The number of amides is 1. The Morgan fingerprint density at radius 3 is 3.12 bits per heavy atom. The number of thioether (sulfide) groups is 1. The first-order valence-corrected chi connectivity index (χ1v) is 6.33. The first kappa shape index (κ1) is 11.0. The zero-order valence-electron chi connectivity index (χ0n) is 9.20. The summed E-state index contributed by atoms with van der Waals surface area (Å²) in [4.78, 5) is 18.8. The van der Waals surface area contributed by atoms with Gasteiger partial charge in [-0.2, -0.15) is 11.8 Å². The lowest BCUT2D eigenvalue weighted by Crippen LogP contribution is -2.13. The number of nitrogens with one attached hydrogen (secondary N) is 2. The molecule has 0 aliphatic heterocycles. The maximum absolute atomic E-state index is 11.4. The van der Waals surface area contributed by atoms with Gasteiger partial charge in [0.25, 0.3) is 0 Å². The maximum atomic E-state index is 11.4. The number of benzene rings is 1. The molecule has 0 atom stereocenters. The molecule has 0 bridgehead atoms. The van der Waals surface area contributed by atoms with Crippen molar-refractivity contribution in [2.45, 2.75) is 6.92 Å². The molecule has 2 rings (SSSR count). The summed E-state index contributed by atoms with van der Waals surface area (Å²) in [5, 5.41) is 2.84. The molecule has 0 fully saturated rings. The van der Waals surface area contributed by atoms with E-state index in [-0.39, 0.29) is 5.91 Å². The van der Waals surface area contributed by atoms with E-state index in [1.165, 1.54) is 11.8 Å². The highest BCUT2D eigenvalue weighted by Gasteiger charge is 2.03. The van der Waals surface area contributed by atoms with Crippen LogP contribution in [0.15, 0.2) is 18.2 Å². The van der Waals surface area contributed by atoms with Crippen molar-refractivity contribution in [3.8, 4) is 0 Å². The predicted octanol–water partition coefficient (Wildman–Crippen LogP) is 2.17. The average molecular weight is 235 g/mol. The minimum absolute atomic E-state index is 0.0167. The lowest BCUT2D eigenvalue weighted by molar-refractivity contribution is -0.113. The van der Waals surface area contributed by atoms with E-state index >= 15 is 0 Å². The summed E-state index contributed by atoms with van der Waals surface area (Å²) in [7, 11) is 0. The maximum Gasteiger partial charge on any atom is 0.234 e. The predicted molar refractivity (Wildman–Crippen MR) is 67.8 cm³/mol. The van der Waals surface area contributed by atoms with Crippen LogP contribution in [0.1, 0.15) is 5.82 Å². The van der Waals surface area contributed by atoms with Gasteiger partial charge in [0.2, 0.25) is 5.91 Å². The highest BCUT2D eigenvalue weighted by Crippen LogP contribution is 2.17. The van der Waals surface area contributed by atoms with E-state index in [4.69, 9.17) is 0 Å². The number of carbonyl (C=O) groups excluding carboxylic acids is 1. The van der Waals surface area contributed by atoms with Crippen molar-refractivity contribution in [3.05, 3.63) is 24.0 Å². The standard InChI is InChI=1S/C11H13N3OS/c1-7-12-9-4-3-8(5-10(9)13-7)14-11(15)6-16-2/h3-5H,6H2,1-2H3,(H,12,13)(H,14,15). The number of rotatable bonds is 3. The number of hydrogen-bond donors (Lipinski definition) is 2. The van der Waals surface area contributed by atoms with E-state index in [1.54, 1.807) is 0 Å². The van der Waals surface area contributed by atoms with Gasteiger partial charge >= 0.3 is 0 Å². The summed E-state index contributed by atoms with van der Waals surface area (Å²) < 4.78 is 0. The molecule has 4 nitrogen and oxygen atoms in total. The molecule has 0 aliphatic carbocycles. The van der Waals surface area contributed by atoms with Crippen LogP contribution < -0.4 is 5.32 Å². The number of H-pyrrole nitrogens is 1. The highest BCUT2D eigenvalue weighted by molar-refractivity contribution is 7.99. The Labute approximate surface area is 97.8 Å². The quantitative estimate of drug-likeness (QED) is 0.857. The van der Waals surface area contributed by atoms with Crippen molar-refractivity contribution in [2.75, 3.05) is 17.3 Å². The van der Waals surface area contributed by atoms with E-state index in [9.17, 15) is 4.79 Å². The second-order valence-corrected chi connectivity index (χ2v) is 4.40. The summed E-state index contributed by atoms with van der Waals surface area (Å²) in [6.45, 7) is 1.91. The number of imidazole rings is 1. The molecule has 0 radical (unpaired) electrons. The van der Waals surface area contributed by atoms with E-state index in [1.807, 2.05) is 31.4 Å². The number of anilines is 1. The van der Waals surface area contributed by atoms with Crippen LogP contribution >= 0.6 is 11.8 Å². The molecule has 84 valence electrons. The van der Waals surface area contributed by atoms with E-state index < -0.39 is 0 Å². The Balaban J connectivity index is 2.22. The molecule has 1 heterocycles. The van der Waals surface area contributed by atoms with Crippen LogP contribution in [0.25, 0.3) is 11.0 Å². The number of carbonyl (C=O) groups is 1. The molecule has 16 heavy (non-hydrogen) atoms. The monoisotopic (exact) mass is 235 g/mol. The van der Waals surface area contributed by atoms with Gasteiger partial charge in [-0.15, -0.1) is 0 Å². The summed E-state index contributed by atoms with van der Waals surface area (Å²) in [6, 6.07) is 5.65. The molecule has 0 saturated carbocycles. The third-order valence-electron chi connectivity index (χ3n) is 2.16. The molecular weight excluding hydrogens is 222 g/mol. The van der Waals surface area contributed by atoms with Crippen molar-refractivity contribution in [2.24, 2.45) is 0 Å². The molecular formula is C11H13N3OS. The molecule has 0 spiro atoms. The summed E-state index contributed by atoms with van der Waals surface area (Å²) in [5.41, 5.74) is 2.66. The summed E-state index contributed by atoms with van der Waals surface area (Å²) >= 11 is 1.50. The Morgan fingerprint density at radius 2 is 2.38 bits per heavy atom. The number of fused-ring (bicyclic) bond motifs is 1.